The molecule has 0 N–H and O–H groups in total. The van der Waals surface area contributed by atoms with E-state index >= 15 is 0 Å². The van der Waals surface area contributed by atoms with Crippen molar-refractivity contribution in [2.24, 2.45) is 0 Å². The van der Waals surface area contributed by atoms with Gasteiger partial charge in [-0.3, -0.25) is 0 Å². The minimum Gasteiger partial charge on any atom is -0.425 e. The van der Waals surface area contributed by atoms with Crippen molar-refractivity contribution in [3.63, 3.8) is 0 Å². The Labute approximate surface area is 83.6 Å². The molecule has 1 aromatic carbocycles. The van der Waals surface area contributed by atoms with Gasteiger partial charge in [0.1, 0.15) is 0 Å². The molecule has 1 aliphatic rings. The Kier molecular flexibility index (Phi) is 2.04. The van der Waals surface area contributed by atoms with Crippen LogP contribution in [0, 0.1) is 0 Å². The van der Waals surface area contributed by atoms with Gasteiger partial charge in [-0.2, -0.15) is 4.39 Å². The van der Waals surface area contributed by atoms with E-state index in [1.54, 1.807) is 0 Å². The molecule has 14 heavy (non-hydrogen) atoms. The van der Waals surface area contributed by atoms with Gasteiger partial charge < -0.3 is 9.47 Å². The Morgan fingerprint density at radius 3 is 2.57 bits per heavy atom. The molecule has 1 unspecified atom stereocenters. The van der Waals surface area contributed by atoms with Gasteiger partial charge in [0.25, 0.3) is 9.05 Å². The number of halogens is 2. The summed E-state index contributed by atoms with van der Waals surface area (Å²) in [7, 11) is 1.25. The highest BCUT2D eigenvalue weighted by Crippen LogP contribution is 2.37. The lowest BCUT2D eigenvalue weighted by molar-refractivity contribution is -0.0652. The van der Waals surface area contributed by atoms with Gasteiger partial charge in [-0.15, -0.1) is 0 Å². The third-order valence-electron chi connectivity index (χ3n) is 1.64. The van der Waals surface area contributed by atoms with E-state index in [0.717, 1.165) is 6.07 Å². The zero-order valence-electron chi connectivity index (χ0n) is 6.61. The molecular formula is C7H4ClFO4S. The average molecular weight is 239 g/mol. The topological polar surface area (TPSA) is 52.6 Å². The van der Waals surface area contributed by atoms with Gasteiger partial charge in [0.15, 0.2) is 11.5 Å². The molecular weight excluding hydrogens is 235 g/mol. The third-order valence-corrected chi connectivity index (χ3v) is 2.99. The highest BCUT2D eigenvalue weighted by molar-refractivity contribution is 8.13. The Hall–Kier alpha value is -1.01. The van der Waals surface area contributed by atoms with Gasteiger partial charge in [-0.25, -0.2) is 8.42 Å². The third kappa shape index (κ3) is 1.62. The summed E-state index contributed by atoms with van der Waals surface area (Å²) in [5.41, 5.74) is 0. The SMILES string of the molecule is O=S(=O)(Cl)c1ccc2c(c1)OC(F)O2. The lowest BCUT2D eigenvalue weighted by Gasteiger charge is -1.97. The predicted octanol–water partition coefficient (Wildman–Crippen LogP) is 1.64. The minimum absolute atomic E-state index is 0.0271. The van der Waals surface area contributed by atoms with Crippen LogP contribution in [-0.2, 0) is 9.05 Å². The van der Waals surface area contributed by atoms with E-state index in [4.69, 9.17) is 10.7 Å². The first kappa shape index (κ1) is 9.54. The second kappa shape index (κ2) is 2.99. The molecule has 0 radical (unpaired) electrons. The van der Waals surface area contributed by atoms with Crippen molar-refractivity contribution in [3.05, 3.63) is 18.2 Å². The summed E-state index contributed by atoms with van der Waals surface area (Å²) in [4.78, 5) is -0.157. The van der Waals surface area contributed by atoms with E-state index in [1.165, 1.54) is 12.1 Å². The first-order valence-electron chi connectivity index (χ1n) is 3.53. The molecule has 1 heterocycles. The molecule has 1 aliphatic heterocycles. The number of hydrogen-bond acceptors (Lipinski definition) is 4. The molecule has 7 heteroatoms. The number of hydrogen-bond donors (Lipinski definition) is 0. The van der Waals surface area contributed by atoms with E-state index in [-0.39, 0.29) is 16.4 Å². The highest BCUT2D eigenvalue weighted by Gasteiger charge is 2.25. The smallest absolute Gasteiger partial charge is 0.397 e. The summed E-state index contributed by atoms with van der Waals surface area (Å²) >= 11 is 0. The first-order valence-corrected chi connectivity index (χ1v) is 5.84. The summed E-state index contributed by atoms with van der Waals surface area (Å²) in [6.07, 6.45) is 0. The fraction of sp³-hybridized carbons (Fsp3) is 0.143. The monoisotopic (exact) mass is 238 g/mol. The zero-order chi connectivity index (χ0) is 10.3. The summed E-state index contributed by atoms with van der Waals surface area (Å²) in [5.74, 6) is 0.181. The Balaban J connectivity index is 2.48. The second-order valence-electron chi connectivity index (χ2n) is 2.56. The van der Waals surface area contributed by atoms with Crippen LogP contribution in [0.15, 0.2) is 23.1 Å². The van der Waals surface area contributed by atoms with Crippen LogP contribution in [0.5, 0.6) is 11.5 Å². The van der Waals surface area contributed by atoms with Crippen molar-refractivity contribution in [3.8, 4) is 11.5 Å². The highest BCUT2D eigenvalue weighted by atomic mass is 35.7. The van der Waals surface area contributed by atoms with Gasteiger partial charge in [0.05, 0.1) is 4.90 Å². The van der Waals surface area contributed by atoms with Crippen LogP contribution in [0.2, 0.25) is 0 Å². The van der Waals surface area contributed by atoms with E-state index < -0.39 is 15.6 Å². The number of ether oxygens (including phenoxy) is 2. The number of benzene rings is 1. The fourth-order valence-corrected chi connectivity index (χ4v) is 1.82. The maximum atomic E-state index is 12.5. The van der Waals surface area contributed by atoms with Gasteiger partial charge in [-0.05, 0) is 12.1 Å². The second-order valence-corrected chi connectivity index (χ2v) is 5.12. The van der Waals surface area contributed by atoms with Gasteiger partial charge >= 0.3 is 6.54 Å². The van der Waals surface area contributed by atoms with E-state index in [2.05, 4.69) is 9.47 Å². The number of fused-ring (bicyclic) bond motifs is 1. The maximum Gasteiger partial charge on any atom is 0.397 e. The van der Waals surface area contributed by atoms with Crippen LogP contribution in [-0.4, -0.2) is 15.0 Å². The summed E-state index contributed by atoms with van der Waals surface area (Å²) in [5, 5.41) is 0. The first-order chi connectivity index (χ1) is 6.47. The molecule has 0 aliphatic carbocycles. The normalized spacial score (nSPS) is 19.7. The molecule has 1 aromatic rings. The summed E-state index contributed by atoms with van der Waals surface area (Å²) < 4.78 is 43.4. The molecule has 4 nitrogen and oxygen atoms in total. The van der Waals surface area contributed by atoms with Crippen LogP contribution in [0.3, 0.4) is 0 Å². The average Bonchev–Trinajstić information content (AvgIpc) is 2.41. The van der Waals surface area contributed by atoms with E-state index in [9.17, 15) is 12.8 Å². The van der Waals surface area contributed by atoms with Crippen molar-refractivity contribution in [1.82, 2.24) is 0 Å². The number of alkyl halides is 1. The fourth-order valence-electron chi connectivity index (χ4n) is 1.05. The van der Waals surface area contributed by atoms with Crippen molar-refractivity contribution in [2.45, 2.75) is 11.4 Å². The zero-order valence-corrected chi connectivity index (χ0v) is 8.18. The van der Waals surface area contributed by atoms with Gasteiger partial charge in [0, 0.05) is 16.7 Å². The molecule has 0 saturated heterocycles. The molecule has 0 amide bonds. The summed E-state index contributed by atoms with van der Waals surface area (Å²) in [6, 6.07) is 3.60. The molecule has 0 spiro atoms. The van der Waals surface area contributed by atoms with Crippen LogP contribution < -0.4 is 9.47 Å². The van der Waals surface area contributed by atoms with Crippen LogP contribution >= 0.6 is 10.7 Å². The van der Waals surface area contributed by atoms with Crippen molar-refractivity contribution in [2.75, 3.05) is 0 Å². The minimum atomic E-state index is -3.83. The molecule has 76 valence electrons. The van der Waals surface area contributed by atoms with Gasteiger partial charge in [0.2, 0.25) is 0 Å². The maximum absolute atomic E-state index is 12.5. The molecule has 1 atom stereocenters. The molecule has 0 aromatic heterocycles. The lowest BCUT2D eigenvalue weighted by atomic mass is 10.3. The Morgan fingerprint density at radius 2 is 1.93 bits per heavy atom. The molecule has 2 rings (SSSR count). The molecule has 0 bridgehead atoms. The predicted molar refractivity (Wildman–Crippen MR) is 45.6 cm³/mol. The van der Waals surface area contributed by atoms with E-state index in [1.807, 2.05) is 0 Å². The van der Waals surface area contributed by atoms with E-state index in [0.29, 0.717) is 0 Å². The van der Waals surface area contributed by atoms with Crippen LogP contribution in [0.4, 0.5) is 4.39 Å². The molecule has 0 saturated carbocycles. The van der Waals surface area contributed by atoms with Crippen molar-refractivity contribution >= 4 is 19.7 Å². The van der Waals surface area contributed by atoms with Gasteiger partial charge in [-0.1, -0.05) is 0 Å². The summed E-state index contributed by atoms with van der Waals surface area (Å²) in [6.45, 7) is -1.89. The largest absolute Gasteiger partial charge is 0.425 e. The number of rotatable bonds is 1. The lowest BCUT2D eigenvalue weighted by Crippen LogP contribution is -2.09. The standard InChI is InChI=1S/C7H4ClFO4S/c8-14(10,11)4-1-2-5-6(3-4)13-7(9)12-5/h1-3,7H. The van der Waals surface area contributed by atoms with Crippen molar-refractivity contribution in [1.29, 1.82) is 0 Å². The van der Waals surface area contributed by atoms with Crippen LogP contribution in [0.1, 0.15) is 0 Å². The van der Waals surface area contributed by atoms with Crippen LogP contribution in [0.25, 0.3) is 0 Å². The Bertz CT molecular complexity index is 473. The Morgan fingerprint density at radius 1 is 1.29 bits per heavy atom. The van der Waals surface area contributed by atoms with Crippen molar-refractivity contribution < 1.29 is 22.3 Å². The molecule has 0 fully saturated rings. The quantitative estimate of drug-likeness (QED) is 0.698.